The zero-order valence-corrected chi connectivity index (χ0v) is 16.9. The molecule has 0 unspecified atom stereocenters. The standard InChI is InChI=1S/C20H30BN3O3/c1-19(2)20(3,4)27-21(26-19)17-7-6-16-15-22-24(18(16)14-17)9-5-8-23-10-12-25-13-11-23/h6-7,14-15H,5,8-13H2,1-4H3. The smallest absolute Gasteiger partial charge is 0.399 e. The lowest BCUT2D eigenvalue weighted by atomic mass is 9.79. The first-order chi connectivity index (χ1) is 12.9. The fourth-order valence-electron chi connectivity index (χ4n) is 3.66. The molecule has 146 valence electrons. The van der Waals surface area contributed by atoms with Gasteiger partial charge in [0.25, 0.3) is 0 Å². The van der Waals surface area contributed by atoms with E-state index in [-0.39, 0.29) is 18.3 Å². The first kappa shape index (κ1) is 18.9. The Morgan fingerprint density at radius 3 is 2.44 bits per heavy atom. The van der Waals surface area contributed by atoms with Crippen LogP contribution in [0.2, 0.25) is 0 Å². The molecule has 2 aliphatic heterocycles. The molecule has 2 aliphatic rings. The van der Waals surface area contributed by atoms with E-state index in [9.17, 15) is 0 Å². The van der Waals surface area contributed by atoms with Crippen LogP contribution in [-0.2, 0) is 20.6 Å². The third-order valence-corrected chi connectivity index (χ3v) is 6.14. The molecular formula is C20H30BN3O3. The van der Waals surface area contributed by atoms with Gasteiger partial charge in [0.1, 0.15) is 0 Å². The van der Waals surface area contributed by atoms with Gasteiger partial charge in [-0.3, -0.25) is 9.58 Å². The highest BCUT2D eigenvalue weighted by Crippen LogP contribution is 2.36. The maximum Gasteiger partial charge on any atom is 0.494 e. The van der Waals surface area contributed by atoms with Crippen LogP contribution in [0.3, 0.4) is 0 Å². The average Bonchev–Trinajstić information content (AvgIpc) is 3.13. The first-order valence-electron chi connectivity index (χ1n) is 9.97. The highest BCUT2D eigenvalue weighted by molar-refractivity contribution is 6.62. The van der Waals surface area contributed by atoms with Gasteiger partial charge in [0.05, 0.1) is 36.1 Å². The molecule has 0 spiro atoms. The van der Waals surface area contributed by atoms with Crippen LogP contribution >= 0.6 is 0 Å². The number of ether oxygens (including phenoxy) is 1. The number of aryl methyl sites for hydroxylation is 1. The van der Waals surface area contributed by atoms with Crippen molar-refractivity contribution in [3.63, 3.8) is 0 Å². The Hall–Kier alpha value is -1.41. The van der Waals surface area contributed by atoms with Crippen molar-refractivity contribution in [1.82, 2.24) is 14.7 Å². The summed E-state index contributed by atoms with van der Waals surface area (Å²) in [6, 6.07) is 6.37. The molecule has 0 bridgehead atoms. The summed E-state index contributed by atoms with van der Waals surface area (Å²) in [7, 11) is -0.337. The molecule has 0 saturated carbocycles. The van der Waals surface area contributed by atoms with E-state index in [1.165, 1.54) is 0 Å². The van der Waals surface area contributed by atoms with E-state index >= 15 is 0 Å². The molecule has 3 heterocycles. The van der Waals surface area contributed by atoms with Crippen LogP contribution in [0.25, 0.3) is 10.9 Å². The molecule has 7 heteroatoms. The molecule has 6 nitrogen and oxygen atoms in total. The summed E-state index contributed by atoms with van der Waals surface area (Å²) in [4.78, 5) is 2.46. The summed E-state index contributed by atoms with van der Waals surface area (Å²) in [6.07, 6.45) is 3.02. The third kappa shape index (κ3) is 3.79. The number of rotatable bonds is 5. The predicted octanol–water partition coefficient (Wildman–Crippen LogP) is 2.06. The van der Waals surface area contributed by atoms with Crippen molar-refractivity contribution in [2.45, 2.75) is 51.9 Å². The fourth-order valence-corrected chi connectivity index (χ4v) is 3.66. The molecule has 0 radical (unpaired) electrons. The fraction of sp³-hybridized carbons (Fsp3) is 0.650. The van der Waals surface area contributed by atoms with Crippen LogP contribution in [0.5, 0.6) is 0 Å². The van der Waals surface area contributed by atoms with Gasteiger partial charge in [-0.1, -0.05) is 12.1 Å². The summed E-state index contributed by atoms with van der Waals surface area (Å²) < 4.78 is 19.9. The minimum atomic E-state index is -0.337. The van der Waals surface area contributed by atoms with Crippen LogP contribution in [-0.4, -0.2) is 65.8 Å². The zero-order chi connectivity index (χ0) is 19.1. The molecule has 4 rings (SSSR count). The Morgan fingerprint density at radius 2 is 1.74 bits per heavy atom. The van der Waals surface area contributed by atoms with E-state index in [0.29, 0.717) is 0 Å². The molecule has 2 fully saturated rings. The Bertz CT molecular complexity index is 783. The highest BCUT2D eigenvalue weighted by atomic mass is 16.7. The van der Waals surface area contributed by atoms with E-state index in [1.807, 2.05) is 6.20 Å². The molecule has 1 aromatic heterocycles. The second-order valence-corrected chi connectivity index (χ2v) is 8.58. The molecule has 0 amide bonds. The zero-order valence-electron chi connectivity index (χ0n) is 16.9. The van der Waals surface area contributed by atoms with Gasteiger partial charge in [-0.15, -0.1) is 0 Å². The van der Waals surface area contributed by atoms with Crippen LogP contribution in [0.4, 0.5) is 0 Å². The monoisotopic (exact) mass is 371 g/mol. The van der Waals surface area contributed by atoms with Crippen molar-refractivity contribution in [1.29, 1.82) is 0 Å². The van der Waals surface area contributed by atoms with Gasteiger partial charge in [-0.2, -0.15) is 5.10 Å². The number of hydrogen-bond donors (Lipinski definition) is 0. The van der Waals surface area contributed by atoms with E-state index in [4.69, 9.17) is 14.0 Å². The topological polar surface area (TPSA) is 48.8 Å². The summed E-state index contributed by atoms with van der Waals surface area (Å²) in [5.74, 6) is 0. The van der Waals surface area contributed by atoms with Gasteiger partial charge in [0, 0.05) is 31.6 Å². The van der Waals surface area contributed by atoms with E-state index in [0.717, 1.165) is 62.2 Å². The number of hydrogen-bond acceptors (Lipinski definition) is 5. The number of benzene rings is 1. The van der Waals surface area contributed by atoms with Crippen molar-refractivity contribution in [3.05, 3.63) is 24.4 Å². The van der Waals surface area contributed by atoms with Crippen molar-refractivity contribution < 1.29 is 14.0 Å². The maximum absolute atomic E-state index is 6.21. The van der Waals surface area contributed by atoms with Gasteiger partial charge >= 0.3 is 7.12 Å². The molecule has 2 saturated heterocycles. The molecular weight excluding hydrogens is 341 g/mol. The van der Waals surface area contributed by atoms with E-state index < -0.39 is 0 Å². The second-order valence-electron chi connectivity index (χ2n) is 8.58. The number of aromatic nitrogens is 2. The molecule has 1 aromatic carbocycles. The number of fused-ring (bicyclic) bond motifs is 1. The van der Waals surface area contributed by atoms with Gasteiger partial charge in [-0.05, 0) is 45.6 Å². The molecule has 0 aliphatic carbocycles. The van der Waals surface area contributed by atoms with Crippen LogP contribution in [0, 0.1) is 0 Å². The summed E-state index contributed by atoms with van der Waals surface area (Å²) in [6.45, 7) is 14.1. The first-order valence-corrected chi connectivity index (χ1v) is 9.97. The summed E-state index contributed by atoms with van der Waals surface area (Å²) in [5.41, 5.74) is 1.54. The molecule has 27 heavy (non-hydrogen) atoms. The minimum absolute atomic E-state index is 0.328. The average molecular weight is 371 g/mol. The number of nitrogens with zero attached hydrogens (tertiary/aromatic N) is 3. The van der Waals surface area contributed by atoms with Crippen molar-refractivity contribution in [2.75, 3.05) is 32.8 Å². The molecule has 2 aromatic rings. The summed E-state index contributed by atoms with van der Waals surface area (Å²) >= 11 is 0. The Kier molecular flexibility index (Phi) is 5.05. The quantitative estimate of drug-likeness (QED) is 0.753. The SMILES string of the molecule is CC1(C)OB(c2ccc3cnn(CCCN4CCOCC4)c3c2)OC1(C)C. The lowest BCUT2D eigenvalue weighted by Crippen LogP contribution is -2.41. The van der Waals surface area contributed by atoms with Gasteiger partial charge < -0.3 is 14.0 Å². The summed E-state index contributed by atoms with van der Waals surface area (Å²) in [5, 5.41) is 5.75. The van der Waals surface area contributed by atoms with E-state index in [2.05, 4.69) is 60.6 Å². The second kappa shape index (κ2) is 7.20. The Labute approximate surface area is 161 Å². The Balaban J connectivity index is 1.46. The maximum atomic E-state index is 6.21. The molecule has 0 N–H and O–H groups in total. The third-order valence-electron chi connectivity index (χ3n) is 6.14. The van der Waals surface area contributed by atoms with Gasteiger partial charge in [0.15, 0.2) is 0 Å². The highest BCUT2D eigenvalue weighted by Gasteiger charge is 2.51. The minimum Gasteiger partial charge on any atom is -0.399 e. The lowest BCUT2D eigenvalue weighted by Gasteiger charge is -2.32. The van der Waals surface area contributed by atoms with E-state index in [1.54, 1.807) is 0 Å². The number of morpholine rings is 1. The van der Waals surface area contributed by atoms with Crippen LogP contribution < -0.4 is 5.46 Å². The Morgan fingerprint density at radius 1 is 1.04 bits per heavy atom. The van der Waals surface area contributed by atoms with Crippen LogP contribution in [0.1, 0.15) is 34.1 Å². The lowest BCUT2D eigenvalue weighted by molar-refractivity contribution is 0.00578. The van der Waals surface area contributed by atoms with Crippen molar-refractivity contribution in [2.24, 2.45) is 0 Å². The van der Waals surface area contributed by atoms with Gasteiger partial charge in [-0.25, -0.2) is 0 Å². The van der Waals surface area contributed by atoms with Crippen LogP contribution in [0.15, 0.2) is 24.4 Å². The normalized spacial score (nSPS) is 22.6. The van der Waals surface area contributed by atoms with Gasteiger partial charge in [0.2, 0.25) is 0 Å². The molecule has 0 atom stereocenters. The predicted molar refractivity (Wildman–Crippen MR) is 107 cm³/mol. The van der Waals surface area contributed by atoms with Crippen molar-refractivity contribution in [3.8, 4) is 0 Å². The largest absolute Gasteiger partial charge is 0.494 e. The van der Waals surface area contributed by atoms with Crippen molar-refractivity contribution >= 4 is 23.5 Å².